The zero-order valence-corrected chi connectivity index (χ0v) is 25.9. The van der Waals surface area contributed by atoms with E-state index in [9.17, 15) is 14.4 Å². The van der Waals surface area contributed by atoms with Crippen LogP contribution in [0.2, 0.25) is 5.02 Å². The Balaban J connectivity index is 1.42. The molecule has 1 N–H and O–H groups in total. The van der Waals surface area contributed by atoms with Crippen molar-refractivity contribution in [2.75, 3.05) is 32.8 Å². The average Bonchev–Trinajstić information content (AvgIpc) is 3.37. The summed E-state index contributed by atoms with van der Waals surface area (Å²) in [5.74, 6) is 0.0483. The first-order valence-electron chi connectivity index (χ1n) is 15.2. The Morgan fingerprint density at radius 2 is 1.95 bits per heavy atom. The minimum Gasteiger partial charge on any atom is -0.379 e. The van der Waals surface area contributed by atoms with Gasteiger partial charge < -0.3 is 10.1 Å². The summed E-state index contributed by atoms with van der Waals surface area (Å²) in [5, 5.41) is 4.76. The van der Waals surface area contributed by atoms with Gasteiger partial charge in [0.15, 0.2) is 5.78 Å². The molecule has 41 heavy (non-hydrogen) atoms. The maximum absolute atomic E-state index is 13.7. The lowest BCUT2D eigenvalue weighted by Gasteiger charge is -2.29. The van der Waals surface area contributed by atoms with Crippen LogP contribution in [0.3, 0.4) is 0 Å². The van der Waals surface area contributed by atoms with Gasteiger partial charge in [0.2, 0.25) is 5.91 Å². The molecular formula is C32H44ClN3O4S. The molecule has 1 saturated carbocycles. The molecule has 0 spiro atoms. The molecule has 2 fully saturated rings. The van der Waals surface area contributed by atoms with Gasteiger partial charge in [-0.25, -0.2) is 4.98 Å². The van der Waals surface area contributed by atoms with Crippen molar-refractivity contribution in [3.8, 4) is 0 Å². The van der Waals surface area contributed by atoms with E-state index in [1.54, 1.807) is 0 Å². The summed E-state index contributed by atoms with van der Waals surface area (Å²) >= 11 is 7.68. The fraction of sp³-hybridized carbons (Fsp3) is 0.625. The number of rotatable bonds is 15. The highest BCUT2D eigenvalue weighted by Gasteiger charge is 2.28. The molecule has 2 atom stereocenters. The maximum Gasteiger partial charge on any atom is 0.224 e. The molecule has 0 radical (unpaired) electrons. The highest BCUT2D eigenvalue weighted by Crippen LogP contribution is 2.30. The number of carbonyl (C=O) groups excluding carboxylic acids is 3. The van der Waals surface area contributed by atoms with E-state index in [2.05, 4.69) is 16.8 Å². The fourth-order valence-electron chi connectivity index (χ4n) is 5.91. The van der Waals surface area contributed by atoms with Crippen LogP contribution in [0.15, 0.2) is 30.4 Å². The number of nitrogens with one attached hydrogen (secondary N) is 1. The molecule has 224 valence electrons. The predicted octanol–water partition coefficient (Wildman–Crippen LogP) is 6.17. The summed E-state index contributed by atoms with van der Waals surface area (Å²) in [7, 11) is 0. The summed E-state index contributed by atoms with van der Waals surface area (Å²) in [5.41, 5.74) is 1.47. The molecule has 2 aliphatic rings. The van der Waals surface area contributed by atoms with E-state index < -0.39 is 5.92 Å². The average molecular weight is 602 g/mol. The van der Waals surface area contributed by atoms with Crippen LogP contribution in [0.5, 0.6) is 0 Å². The van der Waals surface area contributed by atoms with Gasteiger partial charge in [-0.2, -0.15) is 0 Å². The molecule has 0 bridgehead atoms. The van der Waals surface area contributed by atoms with Gasteiger partial charge in [0.05, 0.1) is 34.4 Å². The van der Waals surface area contributed by atoms with Crippen LogP contribution in [0.25, 0.3) is 10.2 Å². The SMILES string of the molecule is C=C(CN1CCOCC1)C(=O)CC[C@H](CC1CCCCC1)NC(=O)[C@@H](CC(=O)CC)Cc1nc2ccc(Cl)cc2s1. The molecule has 1 amide bonds. The Bertz CT molecular complexity index is 1200. The minimum absolute atomic E-state index is 0.0604. The molecular weight excluding hydrogens is 558 g/mol. The number of ether oxygens (including phenoxy) is 1. The Morgan fingerprint density at radius 1 is 1.20 bits per heavy atom. The molecule has 1 aromatic heterocycles. The van der Waals surface area contributed by atoms with Gasteiger partial charge in [-0.15, -0.1) is 11.3 Å². The van der Waals surface area contributed by atoms with Gasteiger partial charge in [-0.3, -0.25) is 19.3 Å². The Morgan fingerprint density at radius 3 is 2.68 bits per heavy atom. The number of ketones is 2. The van der Waals surface area contributed by atoms with Crippen molar-refractivity contribution >= 4 is 50.6 Å². The van der Waals surface area contributed by atoms with E-state index in [-0.39, 0.29) is 29.9 Å². The molecule has 1 aliphatic heterocycles. The number of carbonyl (C=O) groups is 3. The topological polar surface area (TPSA) is 88.6 Å². The lowest BCUT2D eigenvalue weighted by atomic mass is 9.83. The van der Waals surface area contributed by atoms with Gasteiger partial charge in [-0.05, 0) is 37.0 Å². The second-order valence-electron chi connectivity index (χ2n) is 11.6. The van der Waals surface area contributed by atoms with Crippen LogP contribution in [-0.2, 0) is 25.5 Å². The first-order valence-corrected chi connectivity index (χ1v) is 16.4. The summed E-state index contributed by atoms with van der Waals surface area (Å²) < 4.78 is 6.38. The molecule has 2 aromatic rings. The predicted molar refractivity (Wildman–Crippen MR) is 166 cm³/mol. The number of benzene rings is 1. The summed E-state index contributed by atoms with van der Waals surface area (Å²) in [6.07, 6.45) is 8.81. The van der Waals surface area contributed by atoms with Crippen molar-refractivity contribution < 1.29 is 19.1 Å². The summed E-state index contributed by atoms with van der Waals surface area (Å²) in [4.78, 5) is 46.2. The third kappa shape index (κ3) is 9.98. The standard InChI is InChI=1S/C32H44ClN3O4S/c1-3-27(37)18-24(19-31-35-28-11-9-25(33)20-30(28)41-31)32(39)34-26(17-23-7-5-4-6-8-23)10-12-29(38)22(2)21-36-13-15-40-16-14-36/h9,11,20,23-24,26H,2-8,10,12-19,21H2,1H3,(H,34,39)/t24-,26+/m0/s1. The van der Waals surface area contributed by atoms with E-state index in [4.69, 9.17) is 21.3 Å². The normalized spacial score (nSPS) is 18.2. The molecule has 9 heteroatoms. The summed E-state index contributed by atoms with van der Waals surface area (Å²) in [6, 6.07) is 5.46. The first-order chi connectivity index (χ1) is 19.8. The third-order valence-electron chi connectivity index (χ3n) is 8.38. The van der Waals surface area contributed by atoms with E-state index >= 15 is 0 Å². The molecule has 1 aliphatic carbocycles. The number of aromatic nitrogens is 1. The van der Waals surface area contributed by atoms with Crippen LogP contribution in [0, 0.1) is 11.8 Å². The quantitative estimate of drug-likeness (QED) is 0.246. The smallest absolute Gasteiger partial charge is 0.224 e. The highest BCUT2D eigenvalue weighted by atomic mass is 35.5. The lowest BCUT2D eigenvalue weighted by Crippen LogP contribution is -2.42. The Labute approximate surface area is 253 Å². The van der Waals surface area contributed by atoms with Crippen molar-refractivity contribution in [1.82, 2.24) is 15.2 Å². The third-order valence-corrected chi connectivity index (χ3v) is 9.65. The van der Waals surface area contributed by atoms with Crippen LogP contribution >= 0.6 is 22.9 Å². The van der Waals surface area contributed by atoms with Crippen molar-refractivity contribution in [1.29, 1.82) is 0 Å². The van der Waals surface area contributed by atoms with Crippen molar-refractivity contribution in [2.45, 2.75) is 83.6 Å². The molecule has 4 rings (SSSR count). The number of Topliss-reactive ketones (excluding diaryl/α,β-unsaturated/α-hetero) is 2. The number of amides is 1. The van der Waals surface area contributed by atoms with Crippen LogP contribution in [0.4, 0.5) is 0 Å². The van der Waals surface area contributed by atoms with Crippen LogP contribution < -0.4 is 5.32 Å². The number of halogens is 1. The molecule has 2 heterocycles. The van der Waals surface area contributed by atoms with E-state index in [0.717, 1.165) is 47.6 Å². The van der Waals surface area contributed by atoms with Crippen LogP contribution in [-0.4, -0.2) is 66.2 Å². The zero-order chi connectivity index (χ0) is 29.2. The fourth-order valence-corrected chi connectivity index (χ4v) is 7.24. The summed E-state index contributed by atoms with van der Waals surface area (Å²) in [6.45, 7) is 9.46. The van der Waals surface area contributed by atoms with E-state index in [1.807, 2.05) is 25.1 Å². The van der Waals surface area contributed by atoms with Gasteiger partial charge >= 0.3 is 0 Å². The minimum atomic E-state index is -0.501. The molecule has 0 unspecified atom stereocenters. The van der Waals surface area contributed by atoms with E-state index in [0.29, 0.717) is 62.0 Å². The van der Waals surface area contributed by atoms with E-state index in [1.165, 1.54) is 30.6 Å². The molecule has 1 saturated heterocycles. The van der Waals surface area contributed by atoms with Gasteiger partial charge in [0.25, 0.3) is 0 Å². The monoisotopic (exact) mass is 601 g/mol. The number of morpholine rings is 1. The van der Waals surface area contributed by atoms with Crippen molar-refractivity contribution in [3.63, 3.8) is 0 Å². The lowest BCUT2D eigenvalue weighted by molar-refractivity contribution is -0.130. The van der Waals surface area contributed by atoms with Gasteiger partial charge in [0.1, 0.15) is 5.78 Å². The maximum atomic E-state index is 13.7. The number of thiazole rings is 1. The van der Waals surface area contributed by atoms with Gasteiger partial charge in [0, 0.05) is 62.0 Å². The Kier molecular flexibility index (Phi) is 12.3. The molecule has 7 nitrogen and oxygen atoms in total. The molecule has 1 aromatic carbocycles. The number of hydrogen-bond acceptors (Lipinski definition) is 7. The largest absolute Gasteiger partial charge is 0.379 e. The Hall–Kier alpha value is -2.13. The zero-order valence-electron chi connectivity index (χ0n) is 24.3. The second-order valence-corrected chi connectivity index (χ2v) is 13.2. The highest BCUT2D eigenvalue weighted by molar-refractivity contribution is 7.18. The number of nitrogens with zero attached hydrogens (tertiary/aromatic N) is 2. The second kappa shape index (κ2) is 15.9. The van der Waals surface area contributed by atoms with Crippen molar-refractivity contribution in [2.24, 2.45) is 11.8 Å². The first kappa shape index (κ1) is 31.8. The van der Waals surface area contributed by atoms with Gasteiger partial charge in [-0.1, -0.05) is 57.2 Å². The van der Waals surface area contributed by atoms with Crippen LogP contribution in [0.1, 0.15) is 76.1 Å². The van der Waals surface area contributed by atoms with Crippen molar-refractivity contribution in [3.05, 3.63) is 40.4 Å². The number of fused-ring (bicyclic) bond motifs is 1. The number of hydrogen-bond donors (Lipinski definition) is 1.